The van der Waals surface area contributed by atoms with Gasteiger partial charge in [0.25, 0.3) is 0 Å². The quantitative estimate of drug-likeness (QED) is 0.594. The van der Waals surface area contributed by atoms with Gasteiger partial charge >= 0.3 is 11.8 Å². The molecule has 2 aromatic rings. The molecule has 25 heavy (non-hydrogen) atoms. The third-order valence-electron chi connectivity index (χ3n) is 4.55. The first-order valence-corrected chi connectivity index (χ1v) is 8.55. The molecule has 3 rings (SSSR count). The molecule has 5 nitrogen and oxygen atoms in total. The molecule has 0 heterocycles. The highest BCUT2D eigenvalue weighted by molar-refractivity contribution is 6.39. The number of phenols is 1. The number of nitrogens with one attached hydrogen (secondary N) is 2. The summed E-state index contributed by atoms with van der Waals surface area (Å²) in [6.07, 6.45) is 4.62. The van der Waals surface area contributed by atoms with E-state index in [2.05, 4.69) is 22.8 Å². The predicted molar refractivity (Wildman–Crippen MR) is 96.4 cm³/mol. The highest BCUT2D eigenvalue weighted by Crippen LogP contribution is 2.24. The van der Waals surface area contributed by atoms with E-state index in [0.29, 0.717) is 5.69 Å². The Kier molecular flexibility index (Phi) is 5.03. The fourth-order valence-electron chi connectivity index (χ4n) is 3.10. The molecule has 0 spiro atoms. The van der Waals surface area contributed by atoms with Gasteiger partial charge in [-0.15, -0.1) is 0 Å². The monoisotopic (exact) mass is 338 g/mol. The summed E-state index contributed by atoms with van der Waals surface area (Å²) in [5.41, 5.74) is 4.20. The van der Waals surface area contributed by atoms with Gasteiger partial charge in [0.1, 0.15) is 5.75 Å². The maximum Gasteiger partial charge on any atom is 0.313 e. The summed E-state index contributed by atoms with van der Waals surface area (Å²) in [5, 5.41) is 14.5. The van der Waals surface area contributed by atoms with Crippen LogP contribution in [0.4, 0.5) is 5.69 Å². The Morgan fingerprint density at radius 3 is 2.36 bits per heavy atom. The smallest absolute Gasteiger partial charge is 0.313 e. The summed E-state index contributed by atoms with van der Waals surface area (Å²) >= 11 is 0. The third kappa shape index (κ3) is 4.18. The molecule has 2 amide bonds. The zero-order valence-electron chi connectivity index (χ0n) is 14.2. The molecule has 0 fully saturated rings. The van der Waals surface area contributed by atoms with E-state index in [1.165, 1.54) is 48.2 Å². The van der Waals surface area contributed by atoms with Crippen LogP contribution in [0.2, 0.25) is 0 Å². The normalized spacial score (nSPS) is 14.3. The van der Waals surface area contributed by atoms with E-state index < -0.39 is 11.8 Å². The maximum absolute atomic E-state index is 12.1. The fraction of sp³-hybridized carbons (Fsp3) is 0.300. The molecule has 0 saturated carbocycles. The van der Waals surface area contributed by atoms with E-state index in [4.69, 9.17) is 0 Å². The van der Waals surface area contributed by atoms with E-state index in [-0.39, 0.29) is 11.8 Å². The molecule has 130 valence electrons. The van der Waals surface area contributed by atoms with Crippen molar-refractivity contribution in [2.24, 2.45) is 0 Å². The number of anilines is 1. The van der Waals surface area contributed by atoms with Gasteiger partial charge < -0.3 is 15.7 Å². The zero-order chi connectivity index (χ0) is 17.8. The molecule has 0 saturated heterocycles. The van der Waals surface area contributed by atoms with Crippen LogP contribution in [0.5, 0.6) is 5.75 Å². The summed E-state index contributed by atoms with van der Waals surface area (Å²) in [7, 11) is 0. The molecule has 1 unspecified atom stereocenters. The van der Waals surface area contributed by atoms with Crippen LogP contribution in [0.25, 0.3) is 0 Å². The molecule has 0 aromatic heterocycles. The molecule has 2 aromatic carbocycles. The first-order chi connectivity index (χ1) is 12.0. The Morgan fingerprint density at radius 1 is 0.960 bits per heavy atom. The molecule has 0 aliphatic heterocycles. The number of hydrogen-bond acceptors (Lipinski definition) is 3. The van der Waals surface area contributed by atoms with Gasteiger partial charge in [0.05, 0.1) is 6.04 Å². The van der Waals surface area contributed by atoms with Crippen LogP contribution in [-0.2, 0) is 22.4 Å². The lowest BCUT2D eigenvalue weighted by molar-refractivity contribution is -0.136. The summed E-state index contributed by atoms with van der Waals surface area (Å²) in [4.78, 5) is 24.1. The summed E-state index contributed by atoms with van der Waals surface area (Å²) in [6.45, 7) is 1.87. The van der Waals surface area contributed by atoms with E-state index in [1.807, 2.05) is 13.0 Å². The highest BCUT2D eigenvalue weighted by Gasteiger charge is 2.18. The second-order valence-corrected chi connectivity index (χ2v) is 6.43. The average Bonchev–Trinajstić information content (AvgIpc) is 2.63. The minimum Gasteiger partial charge on any atom is -0.508 e. The Labute approximate surface area is 147 Å². The van der Waals surface area contributed by atoms with Crippen LogP contribution in [0.15, 0.2) is 42.5 Å². The van der Waals surface area contributed by atoms with Gasteiger partial charge in [0.15, 0.2) is 0 Å². The van der Waals surface area contributed by atoms with Gasteiger partial charge in [-0.25, -0.2) is 0 Å². The van der Waals surface area contributed by atoms with Crippen molar-refractivity contribution < 1.29 is 14.7 Å². The Balaban J connectivity index is 1.61. The van der Waals surface area contributed by atoms with Crippen LogP contribution < -0.4 is 10.6 Å². The maximum atomic E-state index is 12.1. The van der Waals surface area contributed by atoms with Crippen LogP contribution in [-0.4, -0.2) is 16.9 Å². The number of aryl methyl sites for hydroxylation is 2. The van der Waals surface area contributed by atoms with Gasteiger partial charge in [0.2, 0.25) is 0 Å². The van der Waals surface area contributed by atoms with E-state index >= 15 is 0 Å². The predicted octanol–water partition coefficient (Wildman–Crippen LogP) is 3.09. The Hall–Kier alpha value is -2.82. The number of carbonyl (C=O) groups excluding carboxylic acids is 2. The van der Waals surface area contributed by atoms with E-state index in [9.17, 15) is 14.7 Å². The molecule has 1 atom stereocenters. The standard InChI is InChI=1S/C20H22N2O3/c1-13(15-7-6-14-4-2-3-5-16(14)12-15)21-19(24)20(25)22-17-8-10-18(23)11-9-17/h6-13,23H,2-5H2,1H3,(H,21,24)(H,22,25). The summed E-state index contributed by atoms with van der Waals surface area (Å²) < 4.78 is 0. The number of aromatic hydroxyl groups is 1. The number of phenolic OH excluding ortho intramolecular Hbond substituents is 1. The SMILES string of the molecule is CC(NC(=O)C(=O)Nc1ccc(O)cc1)c1ccc2c(c1)CCCC2. The van der Waals surface area contributed by atoms with Crippen molar-refractivity contribution in [1.29, 1.82) is 0 Å². The largest absolute Gasteiger partial charge is 0.508 e. The number of hydrogen-bond donors (Lipinski definition) is 3. The molecule has 3 N–H and O–H groups in total. The third-order valence-corrected chi connectivity index (χ3v) is 4.55. The number of amides is 2. The Morgan fingerprint density at radius 2 is 1.64 bits per heavy atom. The fourth-order valence-corrected chi connectivity index (χ4v) is 3.10. The molecular weight excluding hydrogens is 316 g/mol. The molecule has 5 heteroatoms. The molecule has 0 bridgehead atoms. The summed E-state index contributed by atoms with van der Waals surface area (Å²) in [6, 6.07) is 12.0. The van der Waals surface area contributed by atoms with Crippen molar-refractivity contribution in [3.63, 3.8) is 0 Å². The lowest BCUT2D eigenvalue weighted by Crippen LogP contribution is -2.36. The first kappa shape index (κ1) is 17.0. The van der Waals surface area contributed by atoms with Crippen molar-refractivity contribution in [2.75, 3.05) is 5.32 Å². The Bertz CT molecular complexity index is 784. The van der Waals surface area contributed by atoms with Crippen LogP contribution in [0, 0.1) is 0 Å². The van der Waals surface area contributed by atoms with Gasteiger partial charge in [-0.1, -0.05) is 18.2 Å². The molecule has 0 radical (unpaired) electrons. The van der Waals surface area contributed by atoms with Gasteiger partial charge in [-0.05, 0) is 73.6 Å². The zero-order valence-corrected chi connectivity index (χ0v) is 14.2. The topological polar surface area (TPSA) is 78.4 Å². The average molecular weight is 338 g/mol. The van der Waals surface area contributed by atoms with Gasteiger partial charge in [0, 0.05) is 5.69 Å². The highest BCUT2D eigenvalue weighted by atomic mass is 16.3. The number of fused-ring (bicyclic) bond motifs is 1. The van der Waals surface area contributed by atoms with Gasteiger partial charge in [-0.3, -0.25) is 9.59 Å². The van der Waals surface area contributed by atoms with E-state index in [0.717, 1.165) is 18.4 Å². The van der Waals surface area contributed by atoms with Crippen molar-refractivity contribution in [3.05, 3.63) is 59.2 Å². The molecule has 1 aliphatic carbocycles. The van der Waals surface area contributed by atoms with Crippen molar-refractivity contribution >= 4 is 17.5 Å². The van der Waals surface area contributed by atoms with Gasteiger partial charge in [-0.2, -0.15) is 0 Å². The lowest BCUT2D eigenvalue weighted by atomic mass is 9.89. The molecular formula is C20H22N2O3. The number of carbonyl (C=O) groups is 2. The van der Waals surface area contributed by atoms with Crippen molar-refractivity contribution in [1.82, 2.24) is 5.32 Å². The van der Waals surface area contributed by atoms with Crippen LogP contribution in [0.1, 0.15) is 42.5 Å². The lowest BCUT2D eigenvalue weighted by Gasteiger charge is -2.20. The van der Waals surface area contributed by atoms with Crippen molar-refractivity contribution in [2.45, 2.75) is 38.6 Å². The second kappa shape index (κ2) is 7.38. The van der Waals surface area contributed by atoms with Crippen LogP contribution >= 0.6 is 0 Å². The van der Waals surface area contributed by atoms with Crippen LogP contribution in [0.3, 0.4) is 0 Å². The number of benzene rings is 2. The van der Waals surface area contributed by atoms with E-state index in [1.54, 1.807) is 0 Å². The minimum atomic E-state index is -0.726. The van der Waals surface area contributed by atoms with Crippen molar-refractivity contribution in [3.8, 4) is 5.75 Å². The second-order valence-electron chi connectivity index (χ2n) is 6.43. The molecule has 1 aliphatic rings. The summed E-state index contributed by atoms with van der Waals surface area (Å²) in [5.74, 6) is -1.31. The first-order valence-electron chi connectivity index (χ1n) is 8.55. The minimum absolute atomic E-state index is 0.100. The number of rotatable bonds is 3.